The Morgan fingerprint density at radius 3 is 2.69 bits per heavy atom. The summed E-state index contributed by atoms with van der Waals surface area (Å²) < 4.78 is 7.50. The van der Waals surface area contributed by atoms with Crippen molar-refractivity contribution in [1.82, 2.24) is 4.57 Å². The lowest BCUT2D eigenvalue weighted by Gasteiger charge is -2.14. The Hall–Kier alpha value is -2.10. The zero-order chi connectivity index (χ0) is 19.3. The van der Waals surface area contributed by atoms with E-state index in [1.54, 1.807) is 36.6 Å². The number of ether oxygens (including phenoxy) is 1. The van der Waals surface area contributed by atoms with Crippen LogP contribution >= 0.6 is 22.9 Å². The Morgan fingerprint density at radius 2 is 2.12 bits per heavy atom. The van der Waals surface area contributed by atoms with Crippen LogP contribution in [0.4, 0.5) is 0 Å². The topological polar surface area (TPSA) is 62.7 Å². The van der Waals surface area contributed by atoms with E-state index in [-0.39, 0.29) is 5.41 Å². The molecule has 1 aromatic heterocycles. The van der Waals surface area contributed by atoms with Gasteiger partial charge in [0.1, 0.15) is 5.75 Å². The molecule has 0 spiro atoms. The van der Waals surface area contributed by atoms with Gasteiger partial charge >= 0.3 is 0 Å². The Balaban J connectivity index is 2.68. The summed E-state index contributed by atoms with van der Waals surface area (Å²) in [5.41, 5.74) is 0.615. The van der Waals surface area contributed by atoms with E-state index in [1.165, 1.54) is 4.88 Å². The van der Waals surface area contributed by atoms with E-state index in [0.717, 1.165) is 17.8 Å². The number of aryl methyl sites for hydroxylation is 1. The number of benzene rings is 1. The molecular formula is C19H23ClN4OS. The van der Waals surface area contributed by atoms with Crippen LogP contribution in [0.25, 0.3) is 0 Å². The van der Waals surface area contributed by atoms with Gasteiger partial charge in [-0.3, -0.25) is 0 Å². The summed E-state index contributed by atoms with van der Waals surface area (Å²) in [5.74, 6) is 0.862. The van der Waals surface area contributed by atoms with Gasteiger partial charge in [0, 0.05) is 22.6 Å². The highest BCUT2D eigenvalue weighted by Gasteiger charge is 2.18. The predicted molar refractivity (Wildman–Crippen MR) is 107 cm³/mol. The molecule has 138 valence electrons. The Kier molecular flexibility index (Phi) is 6.63. The number of aliphatic imine (C=N–C) groups is 1. The Morgan fingerprint density at radius 1 is 1.38 bits per heavy atom. The number of rotatable bonds is 4. The van der Waals surface area contributed by atoms with Gasteiger partial charge in [0.2, 0.25) is 6.19 Å². The molecule has 0 aliphatic rings. The van der Waals surface area contributed by atoms with Crippen LogP contribution in [0, 0.1) is 11.5 Å². The number of nitrogens with zero attached hydrogens (tertiary/aromatic N) is 4. The highest BCUT2D eigenvalue weighted by molar-refractivity contribution is 7.09. The number of methoxy groups -OCH3 is 1. The van der Waals surface area contributed by atoms with Gasteiger partial charge in [0.15, 0.2) is 10.6 Å². The van der Waals surface area contributed by atoms with Crippen LogP contribution in [-0.2, 0) is 12.0 Å². The number of thiazole rings is 1. The summed E-state index contributed by atoms with van der Waals surface area (Å²) in [6, 6.07) is 5.19. The first-order valence-electron chi connectivity index (χ1n) is 8.36. The molecule has 0 saturated carbocycles. The van der Waals surface area contributed by atoms with Crippen LogP contribution in [0.5, 0.6) is 5.75 Å². The second-order valence-corrected chi connectivity index (χ2v) is 8.26. The lowest BCUT2D eigenvalue weighted by atomic mass is 9.95. The molecule has 0 N–H and O–H groups in total. The van der Waals surface area contributed by atoms with Crippen molar-refractivity contribution in [3.63, 3.8) is 0 Å². The maximum Gasteiger partial charge on any atom is 0.207 e. The van der Waals surface area contributed by atoms with Gasteiger partial charge in [-0.25, -0.2) is 0 Å². The van der Waals surface area contributed by atoms with E-state index in [9.17, 15) is 0 Å². The fraction of sp³-hybridized carbons (Fsp3) is 0.421. The van der Waals surface area contributed by atoms with Crippen molar-refractivity contribution in [2.45, 2.75) is 46.1 Å². The molecule has 0 saturated heterocycles. The average Bonchev–Trinajstić information content (AvgIpc) is 2.98. The summed E-state index contributed by atoms with van der Waals surface area (Å²) in [6.45, 7) is 9.48. The highest BCUT2D eigenvalue weighted by Crippen LogP contribution is 2.26. The lowest BCUT2D eigenvalue weighted by molar-refractivity contribution is 0.414. The van der Waals surface area contributed by atoms with E-state index >= 15 is 0 Å². The molecule has 7 heteroatoms. The van der Waals surface area contributed by atoms with Gasteiger partial charge in [-0.1, -0.05) is 39.3 Å². The first kappa shape index (κ1) is 20.2. The second-order valence-electron chi connectivity index (χ2n) is 6.81. The molecule has 5 nitrogen and oxygen atoms in total. The van der Waals surface area contributed by atoms with Gasteiger partial charge in [-0.15, -0.1) is 11.3 Å². The minimum absolute atomic E-state index is 0.0220. The van der Waals surface area contributed by atoms with Crippen LogP contribution < -0.4 is 9.54 Å². The van der Waals surface area contributed by atoms with Crippen molar-refractivity contribution in [3.05, 3.63) is 44.7 Å². The zero-order valence-corrected chi connectivity index (χ0v) is 17.3. The molecule has 1 aromatic carbocycles. The number of amidine groups is 1. The van der Waals surface area contributed by atoms with Crippen LogP contribution in [0.2, 0.25) is 5.02 Å². The molecule has 0 bridgehead atoms. The SMILES string of the molecule is CCCn1cc(C(C)(C)C)s/c1=N\C(=N\C#N)c1cc(Cl)ccc1OC. The fourth-order valence-corrected chi connectivity index (χ4v) is 3.60. The van der Waals surface area contributed by atoms with Gasteiger partial charge < -0.3 is 9.30 Å². The summed E-state index contributed by atoms with van der Waals surface area (Å²) >= 11 is 7.73. The molecule has 2 rings (SSSR count). The van der Waals surface area contributed by atoms with Gasteiger partial charge in [-0.05, 0) is 30.0 Å². The number of aromatic nitrogens is 1. The lowest BCUT2D eigenvalue weighted by Crippen LogP contribution is -2.16. The third-order valence-corrected chi connectivity index (χ3v) is 5.36. The summed E-state index contributed by atoms with van der Waals surface area (Å²) in [7, 11) is 1.57. The van der Waals surface area contributed by atoms with Crippen molar-refractivity contribution >= 4 is 28.8 Å². The molecular weight excluding hydrogens is 368 g/mol. The van der Waals surface area contributed by atoms with Gasteiger partial charge in [0.05, 0.1) is 12.7 Å². The average molecular weight is 391 g/mol. The third kappa shape index (κ3) is 4.75. The monoisotopic (exact) mass is 390 g/mol. The highest BCUT2D eigenvalue weighted by atomic mass is 35.5. The molecule has 0 atom stereocenters. The molecule has 0 aliphatic carbocycles. The van der Waals surface area contributed by atoms with Gasteiger partial charge in [-0.2, -0.15) is 15.2 Å². The Bertz CT molecular complexity index is 913. The molecule has 1 heterocycles. The number of hydrogen-bond donors (Lipinski definition) is 0. The quantitative estimate of drug-likeness (QED) is 0.429. The minimum Gasteiger partial charge on any atom is -0.496 e. The fourth-order valence-electron chi connectivity index (χ4n) is 2.35. The molecule has 0 aliphatic heterocycles. The maximum atomic E-state index is 9.14. The first-order valence-corrected chi connectivity index (χ1v) is 9.55. The Labute approximate surface area is 163 Å². The van der Waals surface area contributed by atoms with E-state index in [4.69, 9.17) is 26.6 Å². The van der Waals surface area contributed by atoms with E-state index in [1.807, 2.05) is 6.19 Å². The largest absolute Gasteiger partial charge is 0.496 e. The number of nitriles is 1. The van der Waals surface area contributed by atoms with E-state index < -0.39 is 0 Å². The molecule has 0 amide bonds. The normalized spacial score (nSPS) is 13.0. The van der Waals surface area contributed by atoms with Crippen LogP contribution in [0.1, 0.15) is 44.6 Å². The van der Waals surface area contributed by atoms with Crippen molar-refractivity contribution in [2.75, 3.05) is 7.11 Å². The smallest absolute Gasteiger partial charge is 0.207 e. The zero-order valence-electron chi connectivity index (χ0n) is 15.7. The molecule has 0 fully saturated rings. The maximum absolute atomic E-state index is 9.14. The van der Waals surface area contributed by atoms with Crippen molar-refractivity contribution < 1.29 is 4.74 Å². The standard InChI is InChI=1S/C19H23ClN4OS/c1-6-9-24-11-16(19(2,3)4)26-18(24)23-17(22-12-21)14-10-13(20)7-8-15(14)25-5/h7-8,10-11H,6,9H2,1-5H3/b22-17+,23-18-. The molecule has 2 aromatic rings. The summed E-state index contributed by atoms with van der Waals surface area (Å²) in [4.78, 5) is 10.6. The summed E-state index contributed by atoms with van der Waals surface area (Å²) in [5, 5.41) is 9.67. The molecule has 26 heavy (non-hydrogen) atoms. The number of hydrogen-bond acceptors (Lipinski definition) is 4. The van der Waals surface area contributed by atoms with Crippen LogP contribution in [0.3, 0.4) is 0 Å². The minimum atomic E-state index is 0.0220. The number of halogens is 1. The van der Waals surface area contributed by atoms with Crippen molar-refractivity contribution in [1.29, 1.82) is 5.26 Å². The van der Waals surface area contributed by atoms with Crippen LogP contribution in [0.15, 0.2) is 34.4 Å². The van der Waals surface area contributed by atoms with E-state index in [0.29, 0.717) is 22.2 Å². The summed E-state index contributed by atoms with van der Waals surface area (Å²) in [6.07, 6.45) is 4.95. The van der Waals surface area contributed by atoms with E-state index in [2.05, 4.69) is 43.5 Å². The van der Waals surface area contributed by atoms with Crippen molar-refractivity contribution in [3.8, 4) is 11.9 Å². The van der Waals surface area contributed by atoms with Crippen molar-refractivity contribution in [2.24, 2.45) is 9.98 Å². The van der Waals surface area contributed by atoms with Gasteiger partial charge in [0.25, 0.3) is 0 Å². The second kappa shape index (κ2) is 8.52. The first-order chi connectivity index (χ1) is 12.3. The molecule has 0 unspecified atom stereocenters. The third-order valence-electron chi connectivity index (χ3n) is 3.68. The van der Waals surface area contributed by atoms with Crippen LogP contribution in [-0.4, -0.2) is 17.5 Å². The predicted octanol–water partition coefficient (Wildman–Crippen LogP) is 4.75. The molecule has 0 radical (unpaired) electrons.